The smallest absolute Gasteiger partial charge is 0.191 e. The molecule has 60 valence electrons. The number of rotatable bonds is 4. The lowest BCUT2D eigenvalue weighted by Gasteiger charge is -2.09. The highest BCUT2D eigenvalue weighted by Gasteiger charge is 2.18. The van der Waals surface area contributed by atoms with Crippen molar-refractivity contribution in [1.29, 1.82) is 0 Å². The quantitative estimate of drug-likeness (QED) is 0.533. The van der Waals surface area contributed by atoms with Crippen molar-refractivity contribution in [2.24, 2.45) is 0 Å². The average molecular weight is 148 g/mol. The summed E-state index contributed by atoms with van der Waals surface area (Å²) in [4.78, 5) is 10.7. The van der Waals surface area contributed by atoms with Crippen LogP contribution >= 0.6 is 0 Å². The van der Waals surface area contributed by atoms with E-state index in [0.717, 1.165) is 0 Å². The van der Waals surface area contributed by atoms with Gasteiger partial charge in [-0.2, -0.15) is 0 Å². The van der Waals surface area contributed by atoms with Gasteiger partial charge in [0.05, 0.1) is 6.61 Å². The Labute approximate surface area is 59.4 Å². The van der Waals surface area contributed by atoms with Crippen LogP contribution in [0.5, 0.6) is 0 Å². The molecule has 2 unspecified atom stereocenters. The molecular formula is C6H12O4. The van der Waals surface area contributed by atoms with E-state index in [1.165, 1.54) is 14.0 Å². The Bertz CT molecular complexity index is 110. The van der Waals surface area contributed by atoms with Crippen LogP contribution in [0.25, 0.3) is 0 Å². The van der Waals surface area contributed by atoms with E-state index >= 15 is 0 Å². The van der Waals surface area contributed by atoms with Gasteiger partial charge in [0, 0.05) is 7.11 Å². The summed E-state index contributed by atoms with van der Waals surface area (Å²) in [5, 5.41) is 17.5. The molecule has 0 fully saturated rings. The van der Waals surface area contributed by atoms with Gasteiger partial charge >= 0.3 is 0 Å². The molecule has 0 aliphatic rings. The normalized spacial score (nSPS) is 16.4. The first-order chi connectivity index (χ1) is 4.59. The van der Waals surface area contributed by atoms with Crippen LogP contribution in [0.2, 0.25) is 0 Å². The summed E-state index contributed by atoms with van der Waals surface area (Å²) >= 11 is 0. The molecule has 0 aromatic carbocycles. The number of hydrogen-bond acceptors (Lipinski definition) is 4. The third-order valence-electron chi connectivity index (χ3n) is 1.06. The molecule has 0 amide bonds. The molecule has 0 aromatic heterocycles. The van der Waals surface area contributed by atoms with E-state index < -0.39 is 18.0 Å². The molecule has 0 saturated heterocycles. The zero-order valence-electron chi connectivity index (χ0n) is 6.07. The van der Waals surface area contributed by atoms with Gasteiger partial charge in [-0.3, -0.25) is 4.79 Å². The summed E-state index contributed by atoms with van der Waals surface area (Å²) in [7, 11) is 1.37. The molecule has 0 aliphatic heterocycles. The lowest BCUT2D eigenvalue weighted by molar-refractivity contribution is -0.137. The number of ketones is 1. The van der Waals surface area contributed by atoms with Crippen molar-refractivity contribution in [2.45, 2.75) is 19.1 Å². The molecule has 0 saturated carbocycles. The molecule has 0 spiro atoms. The fraction of sp³-hybridized carbons (Fsp3) is 0.833. The Hall–Kier alpha value is -0.450. The number of methoxy groups -OCH3 is 1. The van der Waals surface area contributed by atoms with Crippen LogP contribution in [-0.4, -0.2) is 41.9 Å². The molecule has 0 aromatic rings. The number of hydrogen-bond donors (Lipinski definition) is 2. The minimum Gasteiger partial charge on any atom is -0.386 e. The third-order valence-corrected chi connectivity index (χ3v) is 1.06. The van der Waals surface area contributed by atoms with E-state index in [-0.39, 0.29) is 6.61 Å². The van der Waals surface area contributed by atoms with Crippen molar-refractivity contribution in [3.8, 4) is 0 Å². The molecule has 4 nitrogen and oxygen atoms in total. The number of carbonyl (C=O) groups is 1. The Balaban J connectivity index is 3.71. The van der Waals surface area contributed by atoms with Crippen LogP contribution in [0.3, 0.4) is 0 Å². The van der Waals surface area contributed by atoms with Gasteiger partial charge in [-0.15, -0.1) is 0 Å². The predicted octanol–water partition coefficient (Wildman–Crippen LogP) is -1.06. The minimum absolute atomic E-state index is 0.0657. The molecular weight excluding hydrogens is 136 g/mol. The SMILES string of the molecule is COCC(O)C(=O)C(C)O. The van der Waals surface area contributed by atoms with Gasteiger partial charge in [-0.25, -0.2) is 0 Å². The molecule has 10 heavy (non-hydrogen) atoms. The fourth-order valence-electron chi connectivity index (χ4n) is 0.518. The molecule has 0 heterocycles. The lowest BCUT2D eigenvalue weighted by atomic mass is 10.1. The highest BCUT2D eigenvalue weighted by Crippen LogP contribution is 1.91. The first-order valence-electron chi connectivity index (χ1n) is 2.98. The van der Waals surface area contributed by atoms with E-state index in [1.54, 1.807) is 0 Å². The predicted molar refractivity (Wildman–Crippen MR) is 34.6 cm³/mol. The van der Waals surface area contributed by atoms with Gasteiger partial charge in [-0.1, -0.05) is 0 Å². The Kier molecular flexibility index (Phi) is 4.18. The zero-order valence-corrected chi connectivity index (χ0v) is 6.07. The van der Waals surface area contributed by atoms with Crippen molar-refractivity contribution >= 4 is 5.78 Å². The van der Waals surface area contributed by atoms with Gasteiger partial charge in [0.1, 0.15) is 12.2 Å². The second-order valence-corrected chi connectivity index (χ2v) is 2.05. The highest BCUT2D eigenvalue weighted by molar-refractivity contribution is 5.86. The number of aliphatic hydroxyl groups is 2. The maximum atomic E-state index is 10.7. The fourth-order valence-corrected chi connectivity index (χ4v) is 0.518. The van der Waals surface area contributed by atoms with E-state index in [4.69, 9.17) is 10.2 Å². The van der Waals surface area contributed by atoms with Crippen LogP contribution in [0.4, 0.5) is 0 Å². The first kappa shape index (κ1) is 9.55. The van der Waals surface area contributed by atoms with Crippen LogP contribution in [0, 0.1) is 0 Å². The van der Waals surface area contributed by atoms with Crippen molar-refractivity contribution in [3.63, 3.8) is 0 Å². The lowest BCUT2D eigenvalue weighted by Crippen LogP contribution is -2.33. The topological polar surface area (TPSA) is 66.8 Å². The van der Waals surface area contributed by atoms with E-state index in [1.807, 2.05) is 0 Å². The summed E-state index contributed by atoms with van der Waals surface area (Å²) in [5.74, 6) is -0.609. The Morgan fingerprint density at radius 2 is 2.10 bits per heavy atom. The van der Waals surface area contributed by atoms with Gasteiger partial charge in [0.2, 0.25) is 0 Å². The number of aliphatic hydroxyl groups excluding tert-OH is 2. The van der Waals surface area contributed by atoms with Crippen LogP contribution in [0.15, 0.2) is 0 Å². The second-order valence-electron chi connectivity index (χ2n) is 2.05. The summed E-state index contributed by atoms with van der Waals surface area (Å²) in [6.07, 6.45) is -2.32. The summed E-state index contributed by atoms with van der Waals surface area (Å²) in [6, 6.07) is 0. The number of carbonyl (C=O) groups excluding carboxylic acids is 1. The monoisotopic (exact) mass is 148 g/mol. The maximum absolute atomic E-state index is 10.7. The molecule has 4 heteroatoms. The van der Waals surface area contributed by atoms with Crippen LogP contribution in [-0.2, 0) is 9.53 Å². The first-order valence-corrected chi connectivity index (χ1v) is 2.98. The molecule has 0 aliphatic carbocycles. The molecule has 0 radical (unpaired) electrons. The summed E-state index contributed by atoms with van der Waals surface area (Å²) in [6.45, 7) is 1.24. The van der Waals surface area contributed by atoms with Gasteiger partial charge in [0.15, 0.2) is 5.78 Å². The van der Waals surface area contributed by atoms with Gasteiger partial charge in [0.25, 0.3) is 0 Å². The number of ether oxygens (including phenoxy) is 1. The molecule has 2 atom stereocenters. The van der Waals surface area contributed by atoms with Gasteiger partial charge in [-0.05, 0) is 6.92 Å². The summed E-state index contributed by atoms with van der Waals surface area (Å²) in [5.41, 5.74) is 0. The van der Waals surface area contributed by atoms with E-state index in [0.29, 0.717) is 0 Å². The third kappa shape index (κ3) is 2.91. The zero-order chi connectivity index (χ0) is 8.15. The van der Waals surface area contributed by atoms with Crippen LogP contribution < -0.4 is 0 Å². The van der Waals surface area contributed by atoms with Crippen molar-refractivity contribution < 1.29 is 19.7 Å². The van der Waals surface area contributed by atoms with Crippen molar-refractivity contribution in [1.82, 2.24) is 0 Å². The van der Waals surface area contributed by atoms with Crippen LogP contribution in [0.1, 0.15) is 6.92 Å². The maximum Gasteiger partial charge on any atom is 0.191 e. The average Bonchev–Trinajstić information content (AvgIpc) is 1.87. The number of Topliss-reactive ketones (excluding diaryl/α,β-unsaturated/α-hetero) is 1. The highest BCUT2D eigenvalue weighted by atomic mass is 16.5. The standard InChI is InChI=1S/C6H12O4/c1-4(7)6(9)5(8)3-10-2/h4-5,7-8H,3H2,1-2H3. The van der Waals surface area contributed by atoms with Gasteiger partial charge < -0.3 is 14.9 Å². The molecule has 0 rings (SSSR count). The minimum atomic E-state index is -1.20. The Morgan fingerprint density at radius 1 is 1.60 bits per heavy atom. The molecule has 2 N–H and O–H groups in total. The largest absolute Gasteiger partial charge is 0.386 e. The molecule has 0 bridgehead atoms. The van der Waals surface area contributed by atoms with Crippen molar-refractivity contribution in [3.05, 3.63) is 0 Å². The van der Waals surface area contributed by atoms with Crippen molar-refractivity contribution in [2.75, 3.05) is 13.7 Å². The van der Waals surface area contributed by atoms with E-state index in [9.17, 15) is 4.79 Å². The van der Waals surface area contributed by atoms with E-state index in [2.05, 4.69) is 4.74 Å². The summed E-state index contributed by atoms with van der Waals surface area (Å²) < 4.78 is 4.49. The second kappa shape index (κ2) is 4.38. The Morgan fingerprint density at radius 3 is 2.40 bits per heavy atom.